The van der Waals surface area contributed by atoms with Crippen LogP contribution in [0.2, 0.25) is 10.0 Å². The number of alkyl halides is 1. The van der Waals surface area contributed by atoms with Crippen molar-refractivity contribution in [3.05, 3.63) is 50.0 Å². The fourth-order valence-corrected chi connectivity index (χ4v) is 2.61. The largest absolute Gasteiger partial charge is 0.437 e. The van der Waals surface area contributed by atoms with E-state index < -0.39 is 0 Å². The van der Waals surface area contributed by atoms with Crippen molar-refractivity contribution in [1.82, 2.24) is 4.98 Å². The molecule has 1 aromatic carbocycles. The highest BCUT2D eigenvalue weighted by Gasteiger charge is 2.10. The second kappa shape index (κ2) is 6.99. The van der Waals surface area contributed by atoms with Crippen molar-refractivity contribution in [3.63, 3.8) is 0 Å². The first-order valence-electron chi connectivity index (χ1n) is 5.91. The predicted molar refractivity (Wildman–Crippen MR) is 87.4 cm³/mol. The van der Waals surface area contributed by atoms with Gasteiger partial charge in [0.05, 0.1) is 10.0 Å². The molecule has 0 aliphatic heterocycles. The Morgan fingerprint density at radius 1 is 1.15 bits per heavy atom. The van der Waals surface area contributed by atoms with E-state index in [9.17, 15) is 0 Å². The van der Waals surface area contributed by atoms with Crippen LogP contribution in [0.25, 0.3) is 0 Å². The summed E-state index contributed by atoms with van der Waals surface area (Å²) in [6, 6.07) is 7.08. The second-order valence-electron chi connectivity index (χ2n) is 4.09. The zero-order valence-electron chi connectivity index (χ0n) is 10.6. The number of ether oxygens (including phenoxy) is 1. The fourth-order valence-electron chi connectivity index (χ4n) is 1.63. The summed E-state index contributed by atoms with van der Waals surface area (Å²) in [5.41, 5.74) is 1.87. The van der Waals surface area contributed by atoms with E-state index in [-0.39, 0.29) is 0 Å². The SMILES string of the molecule is CCc1cc(CCl)cc(Oc2cc(Cl)c(Br)cc2Cl)n1. The third-order valence-corrected chi connectivity index (χ3v) is 4.42. The van der Waals surface area contributed by atoms with Gasteiger partial charge in [0.1, 0.15) is 5.75 Å². The highest BCUT2D eigenvalue weighted by atomic mass is 79.9. The lowest BCUT2D eigenvalue weighted by Gasteiger charge is -2.10. The Hall–Kier alpha value is -0.480. The Labute approximate surface area is 141 Å². The summed E-state index contributed by atoms with van der Waals surface area (Å²) in [6.45, 7) is 2.02. The summed E-state index contributed by atoms with van der Waals surface area (Å²) in [5, 5.41) is 0.978. The van der Waals surface area contributed by atoms with Crippen molar-refractivity contribution >= 4 is 50.7 Å². The number of aryl methyl sites for hydroxylation is 1. The summed E-state index contributed by atoms with van der Waals surface area (Å²) in [7, 11) is 0. The molecule has 2 aromatic rings. The van der Waals surface area contributed by atoms with Gasteiger partial charge in [-0.15, -0.1) is 11.6 Å². The van der Waals surface area contributed by atoms with E-state index in [1.165, 1.54) is 0 Å². The Morgan fingerprint density at radius 2 is 1.90 bits per heavy atom. The number of pyridine rings is 1. The molecule has 0 spiro atoms. The van der Waals surface area contributed by atoms with Crippen LogP contribution in [0.4, 0.5) is 0 Å². The van der Waals surface area contributed by atoms with Crippen molar-refractivity contribution in [2.24, 2.45) is 0 Å². The third kappa shape index (κ3) is 3.79. The van der Waals surface area contributed by atoms with Crippen molar-refractivity contribution in [1.29, 1.82) is 0 Å². The van der Waals surface area contributed by atoms with Gasteiger partial charge in [-0.25, -0.2) is 4.98 Å². The molecule has 0 saturated carbocycles. The average molecular weight is 396 g/mol. The van der Waals surface area contributed by atoms with E-state index in [2.05, 4.69) is 20.9 Å². The molecule has 0 N–H and O–H groups in total. The molecule has 1 aromatic heterocycles. The maximum absolute atomic E-state index is 6.13. The standard InChI is InChI=1S/C14H11BrCl3NO/c1-2-9-3-8(7-16)4-14(19-9)20-13-6-11(17)10(15)5-12(13)18/h3-6H,2,7H2,1H3. The quantitative estimate of drug-likeness (QED) is 0.451. The van der Waals surface area contributed by atoms with Crippen molar-refractivity contribution in [2.75, 3.05) is 0 Å². The molecular weight excluding hydrogens is 384 g/mol. The maximum atomic E-state index is 6.13. The highest BCUT2D eigenvalue weighted by Crippen LogP contribution is 2.36. The van der Waals surface area contributed by atoms with Crippen LogP contribution in [0.1, 0.15) is 18.2 Å². The molecule has 6 heteroatoms. The number of halogens is 4. The Morgan fingerprint density at radius 3 is 2.55 bits per heavy atom. The Bertz CT molecular complexity index is 612. The van der Waals surface area contributed by atoms with Crippen LogP contribution in [0.3, 0.4) is 0 Å². The normalized spacial score (nSPS) is 10.7. The van der Waals surface area contributed by atoms with Crippen LogP contribution in [-0.2, 0) is 12.3 Å². The number of rotatable bonds is 4. The van der Waals surface area contributed by atoms with Gasteiger partial charge in [0.2, 0.25) is 5.88 Å². The van der Waals surface area contributed by atoms with Crippen LogP contribution < -0.4 is 4.74 Å². The van der Waals surface area contributed by atoms with E-state index in [0.717, 1.165) is 17.7 Å². The van der Waals surface area contributed by atoms with Crippen LogP contribution in [0.15, 0.2) is 28.7 Å². The predicted octanol–water partition coefficient (Wildman–Crippen LogP) is 6.24. The number of aromatic nitrogens is 1. The van der Waals surface area contributed by atoms with Gasteiger partial charge in [-0.05, 0) is 40.0 Å². The van der Waals surface area contributed by atoms with Crippen molar-refractivity contribution < 1.29 is 4.74 Å². The molecule has 0 bridgehead atoms. The average Bonchev–Trinajstić information content (AvgIpc) is 2.44. The van der Waals surface area contributed by atoms with Gasteiger partial charge in [-0.2, -0.15) is 0 Å². The van der Waals surface area contributed by atoms with Crippen LogP contribution in [-0.4, -0.2) is 4.98 Å². The smallest absolute Gasteiger partial charge is 0.219 e. The molecule has 2 rings (SSSR count). The van der Waals surface area contributed by atoms with Gasteiger partial charge < -0.3 is 4.74 Å². The first kappa shape index (κ1) is 15.9. The van der Waals surface area contributed by atoms with Gasteiger partial charge >= 0.3 is 0 Å². The molecule has 0 radical (unpaired) electrons. The van der Waals surface area contributed by atoms with E-state index in [4.69, 9.17) is 39.5 Å². The first-order chi connectivity index (χ1) is 9.53. The minimum absolute atomic E-state index is 0.403. The molecule has 0 amide bonds. The van der Waals surface area contributed by atoms with Crippen molar-refractivity contribution in [2.45, 2.75) is 19.2 Å². The number of nitrogens with zero attached hydrogens (tertiary/aromatic N) is 1. The van der Waals surface area contributed by atoms with E-state index in [1.807, 2.05) is 13.0 Å². The maximum Gasteiger partial charge on any atom is 0.219 e. The number of benzene rings is 1. The van der Waals surface area contributed by atoms with Gasteiger partial charge in [0.15, 0.2) is 0 Å². The van der Waals surface area contributed by atoms with Crippen LogP contribution in [0, 0.1) is 0 Å². The van der Waals surface area contributed by atoms with E-state index in [1.54, 1.807) is 18.2 Å². The lowest BCUT2D eigenvalue weighted by Crippen LogP contribution is -1.95. The molecule has 20 heavy (non-hydrogen) atoms. The minimum atomic E-state index is 0.403. The summed E-state index contributed by atoms with van der Waals surface area (Å²) in [4.78, 5) is 4.39. The third-order valence-electron chi connectivity index (χ3n) is 2.62. The zero-order valence-corrected chi connectivity index (χ0v) is 14.4. The molecule has 2 nitrogen and oxygen atoms in total. The van der Waals surface area contributed by atoms with Gasteiger partial charge in [-0.1, -0.05) is 30.1 Å². The molecular formula is C14H11BrCl3NO. The molecule has 0 aliphatic rings. The molecule has 0 saturated heterocycles. The Balaban J connectivity index is 2.36. The molecule has 0 fully saturated rings. The molecule has 0 aliphatic carbocycles. The van der Waals surface area contributed by atoms with Crippen molar-refractivity contribution in [3.8, 4) is 11.6 Å². The molecule has 1 heterocycles. The minimum Gasteiger partial charge on any atom is -0.437 e. The summed E-state index contributed by atoms with van der Waals surface area (Å²) in [6.07, 6.45) is 0.802. The zero-order chi connectivity index (χ0) is 14.7. The summed E-state index contributed by atoms with van der Waals surface area (Å²) < 4.78 is 6.44. The summed E-state index contributed by atoms with van der Waals surface area (Å²) >= 11 is 21.4. The lowest BCUT2D eigenvalue weighted by molar-refractivity contribution is 0.460. The fraction of sp³-hybridized carbons (Fsp3) is 0.214. The summed E-state index contributed by atoms with van der Waals surface area (Å²) in [5.74, 6) is 1.32. The Kier molecular flexibility index (Phi) is 5.56. The number of hydrogen-bond donors (Lipinski definition) is 0. The van der Waals surface area contributed by atoms with Gasteiger partial charge in [-0.3, -0.25) is 0 Å². The van der Waals surface area contributed by atoms with E-state index in [0.29, 0.717) is 32.0 Å². The molecule has 106 valence electrons. The molecule has 0 atom stereocenters. The molecule has 0 unspecified atom stereocenters. The highest BCUT2D eigenvalue weighted by molar-refractivity contribution is 9.10. The topological polar surface area (TPSA) is 22.1 Å². The second-order valence-corrected chi connectivity index (χ2v) is 6.03. The lowest BCUT2D eigenvalue weighted by atomic mass is 10.2. The monoisotopic (exact) mass is 393 g/mol. The van der Waals surface area contributed by atoms with Crippen LogP contribution in [0.5, 0.6) is 11.6 Å². The van der Waals surface area contributed by atoms with E-state index >= 15 is 0 Å². The van der Waals surface area contributed by atoms with Gasteiger partial charge in [0.25, 0.3) is 0 Å². The number of hydrogen-bond acceptors (Lipinski definition) is 2. The first-order valence-corrected chi connectivity index (χ1v) is 8.00. The van der Waals surface area contributed by atoms with Gasteiger partial charge in [0, 0.05) is 28.2 Å². The van der Waals surface area contributed by atoms with Crippen LogP contribution >= 0.6 is 50.7 Å².